The number of aliphatic carboxylic acids is 1. The van der Waals surface area contributed by atoms with E-state index in [2.05, 4.69) is 15.3 Å². The second-order valence-electron chi connectivity index (χ2n) is 8.71. The number of anilines is 1. The number of nitrogens with one attached hydrogen (secondary N) is 1. The molecule has 1 aliphatic carbocycles. The van der Waals surface area contributed by atoms with Crippen molar-refractivity contribution in [2.45, 2.75) is 12.2 Å². The zero-order valence-electron chi connectivity index (χ0n) is 19.0. The zero-order chi connectivity index (χ0) is 27.5. The quantitative estimate of drug-likeness (QED) is 0.467. The summed E-state index contributed by atoms with van der Waals surface area (Å²) in [7, 11) is 0. The molecule has 1 saturated heterocycles. The van der Waals surface area contributed by atoms with Crippen LogP contribution in [0.25, 0.3) is 5.76 Å². The maximum atomic E-state index is 13.3. The first-order valence-corrected chi connectivity index (χ1v) is 11.5. The Hall–Kier alpha value is -4.26. The number of aliphatic hydroxyl groups is 1. The van der Waals surface area contributed by atoms with Crippen molar-refractivity contribution in [2.24, 2.45) is 16.8 Å². The largest absolute Gasteiger partial charge is 0.506 e. The number of carboxylic acid groups (broad SMARTS) is 1. The molecule has 0 radical (unpaired) electrons. The lowest BCUT2D eigenvalue weighted by molar-refractivity contribution is -0.145. The predicted molar refractivity (Wildman–Crippen MR) is 126 cm³/mol. The lowest BCUT2D eigenvalue weighted by atomic mass is 9.85. The number of imide groups is 1. The highest BCUT2D eigenvalue weighted by molar-refractivity contribution is 6.40. The van der Waals surface area contributed by atoms with E-state index in [1.165, 1.54) is 12.1 Å². The molecule has 1 aromatic heterocycles. The van der Waals surface area contributed by atoms with Crippen LogP contribution >= 0.6 is 11.6 Å². The summed E-state index contributed by atoms with van der Waals surface area (Å²) in [6.07, 6.45) is -4.07. The summed E-state index contributed by atoms with van der Waals surface area (Å²) in [5.41, 5.74) is -1.31. The Labute approximate surface area is 216 Å². The number of amides is 2. The van der Waals surface area contributed by atoms with E-state index >= 15 is 0 Å². The number of aromatic nitrogens is 1. The van der Waals surface area contributed by atoms with Gasteiger partial charge in [-0.1, -0.05) is 35.9 Å². The second kappa shape index (κ2) is 8.94. The fourth-order valence-corrected chi connectivity index (χ4v) is 5.06. The van der Waals surface area contributed by atoms with Crippen molar-refractivity contribution in [1.29, 1.82) is 0 Å². The maximum Gasteiger partial charge on any atom is 0.417 e. The first kappa shape index (κ1) is 25.4. The predicted octanol–water partition coefficient (Wildman–Crippen LogP) is 2.84. The summed E-state index contributed by atoms with van der Waals surface area (Å²) < 4.78 is 38.5. The molecule has 10 nitrogen and oxygen atoms in total. The van der Waals surface area contributed by atoms with Crippen LogP contribution in [-0.4, -0.2) is 68.5 Å². The number of pyridine rings is 1. The Bertz CT molecular complexity index is 1490. The van der Waals surface area contributed by atoms with Crippen molar-refractivity contribution in [3.8, 4) is 0 Å². The molecule has 196 valence electrons. The lowest BCUT2D eigenvalue weighted by Crippen LogP contribution is -2.38. The summed E-state index contributed by atoms with van der Waals surface area (Å²) in [4.78, 5) is 59.8. The van der Waals surface area contributed by atoms with Gasteiger partial charge in [-0.25, -0.2) is 9.78 Å². The normalized spacial score (nSPS) is 22.6. The minimum absolute atomic E-state index is 0.117. The van der Waals surface area contributed by atoms with E-state index in [9.17, 15) is 42.6 Å². The molecule has 1 aromatic carbocycles. The number of Topliss-reactive ketones (excluding diaryl/α,β-unsaturated/α-hetero) is 1. The topological polar surface area (TPSA) is 149 Å². The van der Waals surface area contributed by atoms with E-state index in [-0.39, 0.29) is 46.3 Å². The molecule has 0 bridgehead atoms. The minimum Gasteiger partial charge on any atom is -0.506 e. The third-order valence-corrected chi connectivity index (χ3v) is 6.84. The molecule has 2 amide bonds. The van der Waals surface area contributed by atoms with E-state index < -0.39 is 58.9 Å². The average molecular weight is 549 g/mol. The number of alkyl halides is 3. The Kier molecular flexibility index (Phi) is 5.97. The Balaban J connectivity index is 1.38. The second-order valence-corrected chi connectivity index (χ2v) is 9.11. The van der Waals surface area contributed by atoms with E-state index in [1.807, 2.05) is 0 Å². The van der Waals surface area contributed by atoms with Crippen LogP contribution in [0.1, 0.15) is 21.5 Å². The van der Waals surface area contributed by atoms with E-state index in [0.29, 0.717) is 12.3 Å². The molecule has 3 N–H and O–H groups in total. The molecule has 3 heterocycles. The van der Waals surface area contributed by atoms with Crippen molar-refractivity contribution < 1.29 is 42.6 Å². The van der Waals surface area contributed by atoms with Gasteiger partial charge in [0, 0.05) is 30.4 Å². The van der Waals surface area contributed by atoms with Gasteiger partial charge in [0.1, 0.15) is 11.6 Å². The molecule has 3 atom stereocenters. The number of likely N-dealkylation sites (tertiary alicyclic amines) is 1. The number of carbonyl (C=O) groups excluding carboxylic acids is 3. The van der Waals surface area contributed by atoms with Crippen LogP contribution in [0.15, 0.2) is 47.1 Å². The number of hydrogen-bond donors (Lipinski definition) is 3. The van der Waals surface area contributed by atoms with Gasteiger partial charge in [0.25, 0.3) is 0 Å². The number of aliphatic hydroxyl groups excluding tert-OH is 1. The highest BCUT2D eigenvalue weighted by Crippen LogP contribution is 2.43. The fourth-order valence-electron chi connectivity index (χ4n) is 4.83. The minimum atomic E-state index is -4.65. The number of rotatable bonds is 6. The van der Waals surface area contributed by atoms with Crippen LogP contribution in [0.5, 0.6) is 0 Å². The van der Waals surface area contributed by atoms with Crippen LogP contribution in [0.2, 0.25) is 5.02 Å². The zero-order valence-corrected chi connectivity index (χ0v) is 19.7. The molecule has 0 spiro atoms. The van der Waals surface area contributed by atoms with Gasteiger partial charge in [-0.2, -0.15) is 13.2 Å². The molecule has 0 unspecified atom stereocenters. The van der Waals surface area contributed by atoms with Crippen LogP contribution < -0.4 is 5.32 Å². The molecular weight excluding hydrogens is 533 g/mol. The van der Waals surface area contributed by atoms with Gasteiger partial charge in [0.05, 0.1) is 33.7 Å². The number of carbonyl (C=O) groups is 4. The first-order valence-electron chi connectivity index (χ1n) is 11.1. The Morgan fingerprint density at radius 1 is 1.13 bits per heavy atom. The van der Waals surface area contributed by atoms with Gasteiger partial charge >= 0.3 is 12.1 Å². The number of carboxylic acids is 1. The number of aliphatic imine (C=N–C) groups is 1. The van der Waals surface area contributed by atoms with E-state index in [4.69, 9.17) is 11.6 Å². The highest BCUT2D eigenvalue weighted by atomic mass is 35.5. The lowest BCUT2D eigenvalue weighted by Gasteiger charge is -2.18. The molecule has 2 aliphatic heterocycles. The molecule has 3 aliphatic rings. The summed E-state index contributed by atoms with van der Waals surface area (Å²) in [5.74, 6) is -7.22. The number of fused-ring (bicyclic) bond motifs is 2. The maximum absolute atomic E-state index is 13.3. The molecule has 14 heteroatoms. The molecule has 5 rings (SSSR count). The van der Waals surface area contributed by atoms with Crippen LogP contribution in [-0.2, 0) is 20.6 Å². The van der Waals surface area contributed by atoms with Gasteiger partial charge in [0.15, 0.2) is 11.8 Å². The molecule has 38 heavy (non-hydrogen) atoms. The van der Waals surface area contributed by atoms with Crippen LogP contribution in [0.3, 0.4) is 0 Å². The standard InChI is InChI=1S/C24H16ClF3N4O6/c25-12-7-9(24(26,27)28)8-30-20(12)29-5-6-32-21(35)13-14(22(32)36)17(23(37)38)31-16(13)15-18(33)10-3-1-2-4-11(10)19(15)34/h1-4,7-8,13-14,17,33H,5-6H2,(H,29,30)(H,37,38)/t13-,14+,17+/m0/s1. The number of benzene rings is 1. The number of nitrogens with zero attached hydrogens (tertiary/aromatic N) is 3. The smallest absolute Gasteiger partial charge is 0.417 e. The number of ketones is 1. The highest BCUT2D eigenvalue weighted by Gasteiger charge is 2.60. The molecule has 0 saturated carbocycles. The van der Waals surface area contributed by atoms with Crippen molar-refractivity contribution in [3.05, 3.63) is 63.8 Å². The fraction of sp³-hybridized carbons (Fsp3) is 0.250. The summed E-state index contributed by atoms with van der Waals surface area (Å²) >= 11 is 5.86. The monoisotopic (exact) mass is 548 g/mol. The van der Waals surface area contributed by atoms with E-state index in [0.717, 1.165) is 4.90 Å². The molecular formula is C24H16ClF3N4O6. The van der Waals surface area contributed by atoms with E-state index in [1.54, 1.807) is 12.1 Å². The van der Waals surface area contributed by atoms with Gasteiger partial charge < -0.3 is 15.5 Å². The Morgan fingerprint density at radius 3 is 2.42 bits per heavy atom. The SMILES string of the molecule is O=C1C(C2=N[C@@H](C(=O)O)[C@@H]3C(=O)N(CCNc4ncc(C(F)(F)F)cc4Cl)C(=O)[C@H]23)=C(O)c2ccccc21. The van der Waals surface area contributed by atoms with Crippen molar-refractivity contribution in [2.75, 3.05) is 18.4 Å². The van der Waals surface area contributed by atoms with Gasteiger partial charge in [-0.05, 0) is 6.07 Å². The van der Waals surface area contributed by atoms with Gasteiger partial charge in [0.2, 0.25) is 11.8 Å². The number of allylic oxidation sites excluding steroid dienone is 1. The Morgan fingerprint density at radius 2 is 1.82 bits per heavy atom. The van der Waals surface area contributed by atoms with Crippen molar-refractivity contribution >= 4 is 52.5 Å². The van der Waals surface area contributed by atoms with Crippen molar-refractivity contribution in [1.82, 2.24) is 9.88 Å². The molecule has 2 aromatic rings. The number of hydrogen-bond acceptors (Lipinski definition) is 8. The molecule has 1 fully saturated rings. The third-order valence-electron chi connectivity index (χ3n) is 6.55. The first-order chi connectivity index (χ1) is 17.9. The summed E-state index contributed by atoms with van der Waals surface area (Å²) in [5, 5.41) is 22.7. The van der Waals surface area contributed by atoms with Crippen molar-refractivity contribution in [3.63, 3.8) is 0 Å². The summed E-state index contributed by atoms with van der Waals surface area (Å²) in [6, 6.07) is 5.11. The van der Waals surface area contributed by atoms with Gasteiger partial charge in [-0.3, -0.25) is 24.3 Å². The van der Waals surface area contributed by atoms with Gasteiger partial charge in [-0.15, -0.1) is 0 Å². The summed E-state index contributed by atoms with van der Waals surface area (Å²) in [6.45, 7) is -0.472. The number of halogens is 4. The van der Waals surface area contributed by atoms with Crippen LogP contribution in [0.4, 0.5) is 19.0 Å². The average Bonchev–Trinajstić information content (AvgIpc) is 3.45. The third kappa shape index (κ3) is 3.90. The van der Waals surface area contributed by atoms with Crippen LogP contribution in [0, 0.1) is 11.8 Å².